The molecule has 0 bridgehead atoms. The van der Waals surface area contributed by atoms with Crippen molar-refractivity contribution in [2.45, 2.75) is 18.9 Å². The van der Waals surface area contributed by atoms with Crippen LogP contribution in [0.4, 0.5) is 4.79 Å². The Morgan fingerprint density at radius 1 is 1.44 bits per heavy atom. The van der Waals surface area contributed by atoms with Gasteiger partial charge in [-0.15, -0.1) is 0 Å². The van der Waals surface area contributed by atoms with Crippen LogP contribution in [0.25, 0.3) is 0 Å². The van der Waals surface area contributed by atoms with Crippen molar-refractivity contribution in [1.29, 1.82) is 0 Å². The average Bonchev–Trinajstić information content (AvgIpc) is 2.13. The molecule has 0 fully saturated rings. The number of alkyl carbamates (subject to hydrolysis) is 1. The van der Waals surface area contributed by atoms with Gasteiger partial charge in [-0.3, -0.25) is 0 Å². The summed E-state index contributed by atoms with van der Waals surface area (Å²) < 4.78 is 25.8. The van der Waals surface area contributed by atoms with Crippen LogP contribution in [-0.2, 0) is 19.4 Å². The smallest absolute Gasteiger partial charge is 0.407 e. The minimum atomic E-state index is -3.12. The number of methoxy groups -OCH3 is 1. The Labute approximate surface area is 93.7 Å². The topological polar surface area (TPSA) is 110 Å². The maximum absolute atomic E-state index is 10.8. The van der Waals surface area contributed by atoms with Gasteiger partial charge in [0.2, 0.25) is 0 Å². The fourth-order valence-corrected chi connectivity index (χ4v) is 1.70. The number of aliphatic carboxylic acids is 1. The number of amides is 1. The molecule has 1 amide bonds. The number of carbonyl (C=O) groups excluding carboxylic acids is 1. The number of carbonyl (C=O) groups is 2. The normalized spacial score (nSPS) is 12.9. The lowest BCUT2D eigenvalue weighted by molar-refractivity contribution is -0.139. The Bertz CT molecular complexity index is 350. The van der Waals surface area contributed by atoms with E-state index in [1.165, 1.54) is 0 Å². The molecule has 8 heteroatoms. The van der Waals surface area contributed by atoms with E-state index in [9.17, 15) is 18.0 Å². The third-order valence-electron chi connectivity index (χ3n) is 1.78. The molecular formula is C8H15NO6S. The second-order valence-corrected chi connectivity index (χ2v) is 5.56. The molecule has 7 nitrogen and oxygen atoms in total. The molecule has 0 aliphatic carbocycles. The zero-order valence-electron chi connectivity index (χ0n) is 9.10. The molecule has 0 aromatic heterocycles. The van der Waals surface area contributed by atoms with Crippen LogP contribution >= 0.6 is 0 Å². The van der Waals surface area contributed by atoms with Crippen molar-refractivity contribution >= 4 is 21.9 Å². The first-order chi connectivity index (χ1) is 7.26. The van der Waals surface area contributed by atoms with E-state index in [0.29, 0.717) is 0 Å². The van der Waals surface area contributed by atoms with Gasteiger partial charge in [0.1, 0.15) is 15.9 Å². The molecule has 16 heavy (non-hydrogen) atoms. The van der Waals surface area contributed by atoms with E-state index < -0.39 is 27.9 Å². The van der Waals surface area contributed by atoms with E-state index in [1.807, 2.05) is 0 Å². The van der Waals surface area contributed by atoms with Gasteiger partial charge in [0.25, 0.3) is 0 Å². The Balaban J connectivity index is 4.15. The quantitative estimate of drug-likeness (QED) is 0.667. The zero-order chi connectivity index (χ0) is 12.8. The SMILES string of the molecule is COC(=O)NC(CCCS(C)(=O)=O)C(=O)O. The number of sulfone groups is 1. The Kier molecular flexibility index (Phi) is 5.79. The summed E-state index contributed by atoms with van der Waals surface area (Å²) in [5.74, 6) is -1.33. The van der Waals surface area contributed by atoms with E-state index in [1.54, 1.807) is 0 Å². The lowest BCUT2D eigenvalue weighted by Gasteiger charge is -2.12. The van der Waals surface area contributed by atoms with Crippen molar-refractivity contribution in [3.05, 3.63) is 0 Å². The minimum Gasteiger partial charge on any atom is -0.480 e. The highest BCUT2D eigenvalue weighted by atomic mass is 32.2. The average molecular weight is 253 g/mol. The summed E-state index contributed by atoms with van der Waals surface area (Å²) >= 11 is 0. The fourth-order valence-electron chi connectivity index (χ4n) is 1.01. The molecule has 94 valence electrons. The molecule has 0 aliphatic heterocycles. The maximum atomic E-state index is 10.8. The Morgan fingerprint density at radius 3 is 2.38 bits per heavy atom. The van der Waals surface area contributed by atoms with E-state index in [0.717, 1.165) is 13.4 Å². The van der Waals surface area contributed by atoms with E-state index in [2.05, 4.69) is 10.1 Å². The molecule has 0 rings (SSSR count). The van der Waals surface area contributed by atoms with E-state index in [4.69, 9.17) is 5.11 Å². The molecule has 0 saturated carbocycles. The summed E-state index contributed by atoms with van der Waals surface area (Å²) in [6.45, 7) is 0. The number of hydrogen-bond acceptors (Lipinski definition) is 5. The first kappa shape index (κ1) is 14.7. The van der Waals surface area contributed by atoms with Gasteiger partial charge < -0.3 is 15.2 Å². The number of carboxylic acid groups (broad SMARTS) is 1. The van der Waals surface area contributed by atoms with Crippen LogP contribution in [0, 0.1) is 0 Å². The van der Waals surface area contributed by atoms with Crippen LogP contribution in [0.15, 0.2) is 0 Å². The third kappa shape index (κ3) is 7.04. The summed E-state index contributed by atoms with van der Waals surface area (Å²) in [5, 5.41) is 10.8. The van der Waals surface area contributed by atoms with Gasteiger partial charge in [-0.25, -0.2) is 18.0 Å². The van der Waals surface area contributed by atoms with Crippen molar-refractivity contribution in [2.75, 3.05) is 19.1 Å². The van der Waals surface area contributed by atoms with Crippen LogP contribution in [0.2, 0.25) is 0 Å². The van der Waals surface area contributed by atoms with Crippen LogP contribution in [0.5, 0.6) is 0 Å². The van der Waals surface area contributed by atoms with Crippen molar-refractivity contribution in [3.63, 3.8) is 0 Å². The highest BCUT2D eigenvalue weighted by Gasteiger charge is 2.20. The lowest BCUT2D eigenvalue weighted by atomic mass is 10.2. The van der Waals surface area contributed by atoms with Gasteiger partial charge in [-0.2, -0.15) is 0 Å². The van der Waals surface area contributed by atoms with Crippen molar-refractivity contribution < 1.29 is 27.9 Å². The van der Waals surface area contributed by atoms with Crippen LogP contribution in [0.1, 0.15) is 12.8 Å². The standard InChI is InChI=1S/C8H15NO6S/c1-15-8(12)9-6(7(10)11)4-3-5-16(2,13)14/h6H,3-5H2,1-2H3,(H,9,12)(H,10,11). The first-order valence-electron chi connectivity index (χ1n) is 4.51. The summed E-state index contributed by atoms with van der Waals surface area (Å²) in [7, 11) is -2.00. The highest BCUT2D eigenvalue weighted by Crippen LogP contribution is 2.01. The van der Waals surface area contributed by atoms with Gasteiger partial charge in [0.15, 0.2) is 0 Å². The van der Waals surface area contributed by atoms with Gasteiger partial charge in [0.05, 0.1) is 7.11 Å². The molecule has 0 aliphatic rings. The van der Waals surface area contributed by atoms with E-state index in [-0.39, 0.29) is 18.6 Å². The molecule has 0 radical (unpaired) electrons. The largest absolute Gasteiger partial charge is 0.480 e. The van der Waals surface area contributed by atoms with Crippen LogP contribution in [0.3, 0.4) is 0 Å². The summed E-state index contributed by atoms with van der Waals surface area (Å²) in [6.07, 6.45) is 0.417. The van der Waals surface area contributed by atoms with Crippen molar-refractivity contribution in [1.82, 2.24) is 5.32 Å². The molecule has 0 spiro atoms. The van der Waals surface area contributed by atoms with Gasteiger partial charge in [-0.1, -0.05) is 0 Å². The molecule has 0 heterocycles. The molecule has 0 saturated heterocycles. The number of nitrogens with one attached hydrogen (secondary N) is 1. The number of hydrogen-bond donors (Lipinski definition) is 2. The molecule has 2 N–H and O–H groups in total. The second-order valence-electron chi connectivity index (χ2n) is 3.30. The monoisotopic (exact) mass is 253 g/mol. The van der Waals surface area contributed by atoms with Crippen LogP contribution < -0.4 is 5.32 Å². The molecule has 0 aromatic rings. The van der Waals surface area contributed by atoms with Crippen LogP contribution in [-0.4, -0.2) is 50.7 Å². The lowest BCUT2D eigenvalue weighted by Crippen LogP contribution is -2.40. The highest BCUT2D eigenvalue weighted by molar-refractivity contribution is 7.90. The first-order valence-corrected chi connectivity index (χ1v) is 6.57. The fraction of sp³-hybridized carbons (Fsp3) is 0.750. The van der Waals surface area contributed by atoms with Crippen molar-refractivity contribution in [2.24, 2.45) is 0 Å². The summed E-state index contributed by atoms with van der Waals surface area (Å²) in [4.78, 5) is 21.5. The summed E-state index contributed by atoms with van der Waals surface area (Å²) in [6, 6.07) is -1.13. The minimum absolute atomic E-state index is 0.0392. The predicted octanol–water partition coefficient (Wildman–Crippen LogP) is -0.380. The number of ether oxygens (including phenoxy) is 1. The Hall–Kier alpha value is -1.31. The molecule has 0 aromatic carbocycles. The summed E-state index contributed by atoms with van der Waals surface area (Å²) in [5.41, 5.74) is 0. The molecule has 1 atom stereocenters. The Morgan fingerprint density at radius 2 is 2.00 bits per heavy atom. The number of rotatable bonds is 6. The van der Waals surface area contributed by atoms with Crippen molar-refractivity contribution in [3.8, 4) is 0 Å². The van der Waals surface area contributed by atoms with Gasteiger partial charge >= 0.3 is 12.1 Å². The number of carboxylic acids is 1. The molecular weight excluding hydrogens is 238 g/mol. The maximum Gasteiger partial charge on any atom is 0.407 e. The van der Waals surface area contributed by atoms with E-state index >= 15 is 0 Å². The van der Waals surface area contributed by atoms with Gasteiger partial charge in [-0.05, 0) is 12.8 Å². The zero-order valence-corrected chi connectivity index (χ0v) is 9.91. The molecule has 1 unspecified atom stereocenters. The second kappa shape index (κ2) is 6.31. The predicted molar refractivity (Wildman–Crippen MR) is 55.9 cm³/mol. The third-order valence-corrected chi connectivity index (χ3v) is 2.81. The van der Waals surface area contributed by atoms with Gasteiger partial charge in [0, 0.05) is 12.0 Å².